The number of benzene rings is 1. The van der Waals surface area contributed by atoms with E-state index in [1.807, 2.05) is 13.0 Å². The average molecular weight is 333 g/mol. The van der Waals surface area contributed by atoms with Gasteiger partial charge in [-0.25, -0.2) is 4.39 Å². The van der Waals surface area contributed by atoms with E-state index in [0.29, 0.717) is 0 Å². The summed E-state index contributed by atoms with van der Waals surface area (Å²) in [5.41, 5.74) is 1.82. The lowest BCUT2D eigenvalue weighted by Gasteiger charge is -2.28. The van der Waals surface area contributed by atoms with Crippen molar-refractivity contribution in [3.63, 3.8) is 0 Å². The second-order valence-corrected chi connectivity index (χ2v) is 8.46. The molecule has 2 aliphatic rings. The standard InChI is InChI=1S/C15H28.C8H9F/c1-13-7-9-15(10-8-13)12-11-14-5-3-2-4-6-14;1-6-3-4-8(9)7(2)5-6/h13-15H,2-12H2,1H3;3-5H,1-2H3. The van der Waals surface area contributed by atoms with Gasteiger partial charge in [0.25, 0.3) is 0 Å². The summed E-state index contributed by atoms with van der Waals surface area (Å²) in [6, 6.07) is 5.09. The molecular weight excluding hydrogens is 295 g/mol. The smallest absolute Gasteiger partial charge is 0.126 e. The van der Waals surface area contributed by atoms with Crippen molar-refractivity contribution >= 4 is 0 Å². The number of hydrogen-bond acceptors (Lipinski definition) is 0. The summed E-state index contributed by atoms with van der Waals surface area (Å²) in [5, 5.41) is 0. The molecule has 1 aromatic carbocycles. The van der Waals surface area contributed by atoms with Gasteiger partial charge in [0.2, 0.25) is 0 Å². The van der Waals surface area contributed by atoms with Crippen LogP contribution in [0.4, 0.5) is 4.39 Å². The minimum Gasteiger partial charge on any atom is -0.207 e. The Hall–Kier alpha value is -0.850. The van der Waals surface area contributed by atoms with Gasteiger partial charge in [-0.2, -0.15) is 0 Å². The van der Waals surface area contributed by atoms with Crippen molar-refractivity contribution in [1.29, 1.82) is 0 Å². The third-order valence-corrected chi connectivity index (χ3v) is 6.16. The molecular formula is C23H37F. The van der Waals surface area contributed by atoms with Gasteiger partial charge in [-0.05, 0) is 43.2 Å². The van der Waals surface area contributed by atoms with Crippen LogP contribution in [0.2, 0.25) is 0 Å². The van der Waals surface area contributed by atoms with Gasteiger partial charge in [-0.15, -0.1) is 0 Å². The van der Waals surface area contributed by atoms with Crippen LogP contribution in [0.25, 0.3) is 0 Å². The topological polar surface area (TPSA) is 0 Å². The van der Waals surface area contributed by atoms with E-state index in [1.54, 1.807) is 38.7 Å². The van der Waals surface area contributed by atoms with Gasteiger partial charge >= 0.3 is 0 Å². The first-order valence-corrected chi connectivity index (χ1v) is 10.3. The Balaban J connectivity index is 0.000000198. The maximum atomic E-state index is 12.5. The predicted molar refractivity (Wildman–Crippen MR) is 103 cm³/mol. The van der Waals surface area contributed by atoms with E-state index in [0.717, 1.165) is 28.9 Å². The molecule has 0 bridgehead atoms. The largest absolute Gasteiger partial charge is 0.207 e. The first-order chi connectivity index (χ1) is 11.5. The third kappa shape index (κ3) is 6.95. The average Bonchev–Trinajstić information content (AvgIpc) is 2.59. The van der Waals surface area contributed by atoms with Crippen LogP contribution >= 0.6 is 0 Å². The number of aryl methyl sites for hydroxylation is 2. The van der Waals surface area contributed by atoms with Crippen LogP contribution in [-0.4, -0.2) is 0 Å². The molecule has 1 heteroatoms. The van der Waals surface area contributed by atoms with Crippen molar-refractivity contribution in [3.05, 3.63) is 35.1 Å². The summed E-state index contributed by atoms with van der Waals surface area (Å²) in [6.07, 6.45) is 16.8. The molecule has 0 amide bonds. The molecule has 2 saturated carbocycles. The maximum Gasteiger partial charge on any atom is 0.126 e. The Morgan fingerprint density at radius 1 is 0.833 bits per heavy atom. The van der Waals surface area contributed by atoms with Crippen molar-refractivity contribution in [2.24, 2.45) is 17.8 Å². The van der Waals surface area contributed by atoms with Crippen LogP contribution in [0, 0.1) is 37.4 Å². The fourth-order valence-electron chi connectivity index (χ4n) is 4.36. The van der Waals surface area contributed by atoms with Gasteiger partial charge in [0.05, 0.1) is 0 Å². The highest BCUT2D eigenvalue weighted by atomic mass is 19.1. The second kappa shape index (κ2) is 10.2. The zero-order valence-electron chi connectivity index (χ0n) is 16.1. The molecule has 0 aliphatic heterocycles. The molecule has 0 atom stereocenters. The lowest BCUT2D eigenvalue weighted by molar-refractivity contribution is 0.244. The van der Waals surface area contributed by atoms with E-state index < -0.39 is 0 Å². The molecule has 2 aliphatic carbocycles. The van der Waals surface area contributed by atoms with E-state index in [2.05, 4.69) is 6.92 Å². The van der Waals surface area contributed by atoms with Gasteiger partial charge in [-0.3, -0.25) is 0 Å². The molecule has 0 aromatic heterocycles. The molecule has 24 heavy (non-hydrogen) atoms. The summed E-state index contributed by atoms with van der Waals surface area (Å²) in [7, 11) is 0. The molecule has 0 saturated heterocycles. The van der Waals surface area contributed by atoms with Crippen molar-refractivity contribution in [2.75, 3.05) is 0 Å². The van der Waals surface area contributed by atoms with Crippen LogP contribution in [0.15, 0.2) is 18.2 Å². The Morgan fingerprint density at radius 3 is 1.96 bits per heavy atom. The molecule has 0 radical (unpaired) electrons. The summed E-state index contributed by atoms with van der Waals surface area (Å²) < 4.78 is 12.5. The molecule has 0 N–H and O–H groups in total. The number of halogens is 1. The van der Waals surface area contributed by atoms with Crippen molar-refractivity contribution in [1.82, 2.24) is 0 Å². The van der Waals surface area contributed by atoms with Gasteiger partial charge < -0.3 is 0 Å². The maximum absolute atomic E-state index is 12.5. The van der Waals surface area contributed by atoms with Gasteiger partial charge in [-0.1, -0.05) is 95.2 Å². The number of rotatable bonds is 3. The van der Waals surface area contributed by atoms with Gasteiger partial charge in [0.1, 0.15) is 5.82 Å². The van der Waals surface area contributed by atoms with E-state index in [-0.39, 0.29) is 5.82 Å². The minimum absolute atomic E-state index is 0.124. The van der Waals surface area contributed by atoms with Crippen molar-refractivity contribution < 1.29 is 4.39 Å². The Morgan fingerprint density at radius 2 is 1.42 bits per heavy atom. The lowest BCUT2D eigenvalue weighted by Crippen LogP contribution is -2.14. The second-order valence-electron chi connectivity index (χ2n) is 8.46. The minimum atomic E-state index is -0.124. The first-order valence-electron chi connectivity index (χ1n) is 10.3. The van der Waals surface area contributed by atoms with Gasteiger partial charge in [0.15, 0.2) is 0 Å². The Kier molecular flexibility index (Phi) is 8.29. The summed E-state index contributed by atoms with van der Waals surface area (Å²) in [5.74, 6) is 3.11. The lowest BCUT2D eigenvalue weighted by atomic mass is 9.78. The molecule has 0 heterocycles. The molecule has 3 rings (SSSR count). The SMILES string of the molecule is CC1CCC(CCC2CCCCC2)CC1.Cc1ccc(F)c(C)c1. The monoisotopic (exact) mass is 332 g/mol. The molecule has 136 valence electrons. The normalized spacial score (nSPS) is 25.0. The van der Waals surface area contributed by atoms with Crippen molar-refractivity contribution in [3.8, 4) is 0 Å². The van der Waals surface area contributed by atoms with Crippen LogP contribution in [0.3, 0.4) is 0 Å². The highest BCUT2D eigenvalue weighted by Crippen LogP contribution is 2.34. The summed E-state index contributed by atoms with van der Waals surface area (Å²) in [4.78, 5) is 0. The van der Waals surface area contributed by atoms with Crippen LogP contribution in [0.5, 0.6) is 0 Å². The fraction of sp³-hybridized carbons (Fsp3) is 0.739. The van der Waals surface area contributed by atoms with Gasteiger partial charge in [0, 0.05) is 0 Å². The van der Waals surface area contributed by atoms with E-state index in [1.165, 1.54) is 51.0 Å². The molecule has 0 spiro atoms. The van der Waals surface area contributed by atoms with Crippen LogP contribution in [0.1, 0.15) is 88.7 Å². The molecule has 2 fully saturated rings. The summed E-state index contributed by atoms with van der Waals surface area (Å²) >= 11 is 0. The zero-order chi connectivity index (χ0) is 17.4. The van der Waals surface area contributed by atoms with E-state index in [4.69, 9.17) is 0 Å². The Labute approximate surface area is 149 Å². The highest BCUT2D eigenvalue weighted by molar-refractivity contribution is 5.22. The molecule has 0 nitrogen and oxygen atoms in total. The molecule has 0 unspecified atom stereocenters. The summed E-state index contributed by atoms with van der Waals surface area (Å²) in [6.45, 7) is 6.14. The highest BCUT2D eigenvalue weighted by Gasteiger charge is 2.20. The van der Waals surface area contributed by atoms with Crippen LogP contribution < -0.4 is 0 Å². The molecule has 1 aromatic rings. The fourth-order valence-corrected chi connectivity index (χ4v) is 4.36. The zero-order valence-corrected chi connectivity index (χ0v) is 16.1. The number of hydrogen-bond donors (Lipinski definition) is 0. The van der Waals surface area contributed by atoms with Crippen molar-refractivity contribution in [2.45, 2.75) is 91.4 Å². The predicted octanol–water partition coefficient (Wildman–Crippen LogP) is 7.62. The van der Waals surface area contributed by atoms with Crippen LogP contribution in [-0.2, 0) is 0 Å². The quantitative estimate of drug-likeness (QED) is 0.534. The van der Waals surface area contributed by atoms with E-state index >= 15 is 0 Å². The Bertz CT molecular complexity index is 465. The third-order valence-electron chi connectivity index (χ3n) is 6.16. The first kappa shape index (κ1) is 19.5. The van der Waals surface area contributed by atoms with E-state index in [9.17, 15) is 4.39 Å².